The number of urea groups is 1. The van der Waals surface area contributed by atoms with Gasteiger partial charge < -0.3 is 0 Å². The Kier molecular flexibility index (Phi) is 4.53. The maximum absolute atomic E-state index is 13.7. The van der Waals surface area contributed by atoms with Crippen molar-refractivity contribution in [2.45, 2.75) is 72.0 Å². The number of amidine groups is 1. The molecule has 1 aromatic heterocycles. The zero-order chi connectivity index (χ0) is 22.0. The number of likely N-dealkylation sites (N-methyl/N-ethyl adjacent to an activating group) is 1. The van der Waals surface area contributed by atoms with Crippen LogP contribution in [-0.4, -0.2) is 39.2 Å². The van der Waals surface area contributed by atoms with E-state index >= 15 is 0 Å². The fourth-order valence-electron chi connectivity index (χ4n) is 5.35. The second-order valence-corrected chi connectivity index (χ2v) is 9.22. The summed E-state index contributed by atoms with van der Waals surface area (Å²) in [5.41, 5.74) is 5.40. The third-order valence-corrected chi connectivity index (χ3v) is 7.28. The van der Waals surface area contributed by atoms with Gasteiger partial charge in [0.15, 0.2) is 0 Å². The van der Waals surface area contributed by atoms with Crippen LogP contribution < -0.4 is 4.57 Å². The van der Waals surface area contributed by atoms with E-state index in [0.717, 1.165) is 46.9 Å². The molecule has 1 saturated carbocycles. The Morgan fingerprint density at radius 1 is 1.10 bits per heavy atom. The Balaban J connectivity index is 1.57. The Morgan fingerprint density at radius 3 is 2.52 bits per heavy atom. The van der Waals surface area contributed by atoms with Crippen molar-refractivity contribution in [3.63, 3.8) is 0 Å². The molecule has 1 saturated heterocycles. The quantitative estimate of drug-likeness (QED) is 0.709. The molecule has 0 spiro atoms. The number of nitrogens with zero attached hydrogens (tertiary/aromatic N) is 5. The van der Waals surface area contributed by atoms with Gasteiger partial charge >= 0.3 is 12.0 Å². The summed E-state index contributed by atoms with van der Waals surface area (Å²) in [7, 11) is 1.73. The number of imide groups is 1. The number of hydrogen-bond acceptors (Lipinski definition) is 3. The molecule has 162 valence electrons. The van der Waals surface area contributed by atoms with Gasteiger partial charge in [-0.05, 0) is 64.5 Å². The molecule has 31 heavy (non-hydrogen) atoms. The van der Waals surface area contributed by atoms with Crippen LogP contribution in [-0.2, 0) is 11.3 Å². The summed E-state index contributed by atoms with van der Waals surface area (Å²) in [6.45, 7) is 8.49. The average Bonchev–Trinajstić information content (AvgIpc) is 3.44. The summed E-state index contributed by atoms with van der Waals surface area (Å²) in [6, 6.07) is 5.67. The highest BCUT2D eigenvalue weighted by molar-refractivity contribution is 6.19. The van der Waals surface area contributed by atoms with Crippen LogP contribution in [0.2, 0.25) is 0 Å². The summed E-state index contributed by atoms with van der Waals surface area (Å²) in [5, 5.41) is 0. The molecular weight excluding hydrogens is 390 g/mol. The number of fused-ring (bicyclic) bond motifs is 3. The predicted octanol–water partition coefficient (Wildman–Crippen LogP) is 3.80. The first kappa shape index (κ1) is 20.0. The maximum Gasteiger partial charge on any atom is 0.402 e. The Bertz CT molecular complexity index is 1140. The zero-order valence-corrected chi connectivity index (χ0v) is 19.0. The van der Waals surface area contributed by atoms with Gasteiger partial charge in [0, 0.05) is 7.05 Å². The lowest BCUT2D eigenvalue weighted by atomic mass is 10.0. The van der Waals surface area contributed by atoms with E-state index < -0.39 is 6.04 Å². The van der Waals surface area contributed by atoms with Crippen LogP contribution in [0, 0.1) is 27.7 Å². The maximum atomic E-state index is 13.7. The number of aromatic nitrogens is 2. The van der Waals surface area contributed by atoms with Crippen LogP contribution in [0.15, 0.2) is 23.2 Å². The van der Waals surface area contributed by atoms with Crippen molar-refractivity contribution in [1.29, 1.82) is 0 Å². The minimum Gasteiger partial charge on any atom is -0.270 e. The van der Waals surface area contributed by atoms with E-state index in [-0.39, 0.29) is 18.5 Å². The lowest BCUT2D eigenvalue weighted by Gasteiger charge is -2.33. The number of benzene rings is 1. The highest BCUT2D eigenvalue weighted by atomic mass is 16.2. The molecular formula is C24H30N5O2+. The largest absolute Gasteiger partial charge is 0.402 e. The van der Waals surface area contributed by atoms with E-state index in [1.807, 2.05) is 30.5 Å². The van der Waals surface area contributed by atoms with E-state index in [0.29, 0.717) is 11.9 Å². The van der Waals surface area contributed by atoms with Crippen LogP contribution in [0.4, 0.5) is 10.7 Å². The molecule has 5 rings (SSSR count). The fourth-order valence-corrected chi connectivity index (χ4v) is 5.35. The number of aliphatic imine (C=N–C) groups is 1. The Labute approximate surface area is 183 Å². The molecule has 1 atom stereocenters. The molecule has 1 unspecified atom stereocenters. The molecule has 7 nitrogen and oxygen atoms in total. The van der Waals surface area contributed by atoms with Gasteiger partial charge in [-0.3, -0.25) is 14.6 Å². The summed E-state index contributed by atoms with van der Waals surface area (Å²) < 4.78 is 4.35. The number of imidazole rings is 1. The third kappa shape index (κ3) is 2.86. The van der Waals surface area contributed by atoms with Gasteiger partial charge in [-0.1, -0.05) is 28.8 Å². The summed E-state index contributed by atoms with van der Waals surface area (Å²) in [4.78, 5) is 34.7. The molecule has 0 bridgehead atoms. The van der Waals surface area contributed by atoms with E-state index in [1.165, 1.54) is 17.7 Å². The predicted molar refractivity (Wildman–Crippen MR) is 117 cm³/mol. The van der Waals surface area contributed by atoms with Crippen molar-refractivity contribution in [3.05, 3.63) is 46.3 Å². The van der Waals surface area contributed by atoms with Crippen LogP contribution >= 0.6 is 0 Å². The van der Waals surface area contributed by atoms with Crippen molar-refractivity contribution in [2.24, 2.45) is 4.99 Å². The van der Waals surface area contributed by atoms with Crippen molar-refractivity contribution in [3.8, 4) is 0 Å². The van der Waals surface area contributed by atoms with E-state index in [2.05, 4.69) is 24.5 Å². The number of carbonyl (C=O) groups excluding carboxylic acids is 2. The second kappa shape index (κ2) is 7.04. The van der Waals surface area contributed by atoms with Crippen LogP contribution in [0.1, 0.15) is 65.8 Å². The number of hydrogen-bond donors (Lipinski definition) is 0. The number of rotatable bonds is 3. The zero-order valence-electron chi connectivity index (χ0n) is 19.0. The van der Waals surface area contributed by atoms with E-state index in [4.69, 9.17) is 4.99 Å². The van der Waals surface area contributed by atoms with Gasteiger partial charge in [0.05, 0.1) is 12.6 Å². The Morgan fingerprint density at radius 2 is 1.81 bits per heavy atom. The number of amides is 3. The van der Waals surface area contributed by atoms with Gasteiger partial charge in [-0.2, -0.15) is 0 Å². The normalized spacial score (nSPS) is 21.1. The highest BCUT2D eigenvalue weighted by Crippen LogP contribution is 2.38. The topological polar surface area (TPSA) is 61.8 Å². The third-order valence-electron chi connectivity index (χ3n) is 7.28. The fraction of sp³-hybridized carbons (Fsp3) is 0.500. The first-order valence-electron chi connectivity index (χ1n) is 11.2. The lowest BCUT2D eigenvalue weighted by Crippen LogP contribution is -2.63. The second-order valence-electron chi connectivity index (χ2n) is 9.22. The van der Waals surface area contributed by atoms with Gasteiger partial charge in [-0.25, -0.2) is 13.9 Å². The molecule has 1 aliphatic carbocycles. The van der Waals surface area contributed by atoms with Crippen LogP contribution in [0.3, 0.4) is 0 Å². The van der Waals surface area contributed by atoms with Gasteiger partial charge in [0.1, 0.15) is 11.4 Å². The molecule has 2 aromatic rings. The van der Waals surface area contributed by atoms with E-state index in [1.54, 1.807) is 11.9 Å². The van der Waals surface area contributed by atoms with Crippen molar-refractivity contribution < 1.29 is 14.2 Å². The molecule has 3 heterocycles. The van der Waals surface area contributed by atoms with Crippen molar-refractivity contribution >= 4 is 23.7 Å². The first-order chi connectivity index (χ1) is 14.8. The minimum absolute atomic E-state index is 0.196. The Hall–Kier alpha value is -2.96. The first-order valence-corrected chi connectivity index (χ1v) is 11.2. The van der Waals surface area contributed by atoms with Gasteiger partial charge in [0.2, 0.25) is 11.9 Å². The summed E-state index contributed by atoms with van der Waals surface area (Å²) >= 11 is 0. The van der Waals surface area contributed by atoms with Crippen LogP contribution in [0.5, 0.6) is 0 Å². The number of aryl methyl sites for hydroxylation is 2. The van der Waals surface area contributed by atoms with Crippen LogP contribution in [0.25, 0.3) is 0 Å². The molecule has 2 fully saturated rings. The minimum atomic E-state index is -0.579. The molecule has 1 aromatic carbocycles. The standard InChI is InChI=1S/C24H30N5O2/c1-14-10-11-15(2)18(12-14)13-27-22(30)20-21(26(5)24(27)31)25-23-28(19-8-6-7-9-19)16(3)17(4)29(20)23/h10-12,19-20H,6-9,13H2,1-5H3/q+1. The monoisotopic (exact) mass is 420 g/mol. The SMILES string of the molecule is Cc1ccc(C)c(CN2C(=O)C3C(=Nc4n(C5CCCC5)c(C)c(C)[n+]43)N(C)C2=O)c1. The van der Waals surface area contributed by atoms with Crippen molar-refractivity contribution in [1.82, 2.24) is 14.4 Å². The molecule has 2 aliphatic heterocycles. The number of carbonyl (C=O) groups is 2. The molecule has 0 N–H and O–H groups in total. The molecule has 0 radical (unpaired) electrons. The molecule has 3 amide bonds. The van der Waals surface area contributed by atoms with Gasteiger partial charge in [-0.15, -0.1) is 0 Å². The summed E-state index contributed by atoms with van der Waals surface area (Å²) in [6.07, 6.45) is 4.72. The molecule has 7 heteroatoms. The van der Waals surface area contributed by atoms with Gasteiger partial charge in [0.25, 0.3) is 5.91 Å². The summed E-state index contributed by atoms with van der Waals surface area (Å²) in [5.74, 6) is 1.15. The average molecular weight is 421 g/mol. The highest BCUT2D eigenvalue weighted by Gasteiger charge is 2.54. The lowest BCUT2D eigenvalue weighted by molar-refractivity contribution is -0.683. The smallest absolute Gasteiger partial charge is 0.270 e. The van der Waals surface area contributed by atoms with Crippen molar-refractivity contribution in [2.75, 3.05) is 7.05 Å². The van der Waals surface area contributed by atoms with E-state index in [9.17, 15) is 9.59 Å². The molecule has 3 aliphatic rings.